The minimum absolute atomic E-state index is 0.162. The molecule has 2 aromatic rings. The van der Waals surface area contributed by atoms with E-state index in [2.05, 4.69) is 21.2 Å². The van der Waals surface area contributed by atoms with Gasteiger partial charge in [-0.1, -0.05) is 40.2 Å². The summed E-state index contributed by atoms with van der Waals surface area (Å²) >= 11 is 3.40. The van der Waals surface area contributed by atoms with Crippen molar-refractivity contribution < 1.29 is 18.0 Å². The van der Waals surface area contributed by atoms with Crippen LogP contribution in [-0.2, 0) is 26.2 Å². The fourth-order valence-corrected chi connectivity index (χ4v) is 4.59. The van der Waals surface area contributed by atoms with Gasteiger partial charge >= 0.3 is 0 Å². The van der Waals surface area contributed by atoms with Gasteiger partial charge in [0.05, 0.1) is 11.9 Å². The summed E-state index contributed by atoms with van der Waals surface area (Å²) in [4.78, 5) is 28.0. The third kappa shape index (κ3) is 7.84. The lowest BCUT2D eigenvalue weighted by atomic mass is 10.1. The van der Waals surface area contributed by atoms with Gasteiger partial charge in [0.2, 0.25) is 21.8 Å². The number of aryl methyl sites for hydroxylation is 2. The Labute approximate surface area is 211 Å². The standard InChI is InChI=1S/C25H34BrN3O4S/c1-17-8-9-18(2)22(14-17)29(34(7,32)33)16-23(30)28(15-20-10-12-21(26)13-11-20)19(3)24(31)27-25(4,5)6/h8-14,19H,15-16H2,1-7H3,(H,27,31)/t19-/m0/s1. The van der Waals surface area contributed by atoms with Crippen molar-refractivity contribution in [1.82, 2.24) is 10.2 Å². The number of rotatable bonds is 8. The number of amides is 2. The lowest BCUT2D eigenvalue weighted by Gasteiger charge is -2.33. The molecule has 0 saturated carbocycles. The quantitative estimate of drug-likeness (QED) is 0.533. The highest BCUT2D eigenvalue weighted by atomic mass is 79.9. The maximum absolute atomic E-state index is 13.6. The van der Waals surface area contributed by atoms with Crippen LogP contribution in [0, 0.1) is 13.8 Å². The lowest BCUT2D eigenvalue weighted by molar-refractivity contribution is -0.140. The number of anilines is 1. The van der Waals surface area contributed by atoms with Crippen LogP contribution in [0.25, 0.3) is 0 Å². The van der Waals surface area contributed by atoms with Crippen LogP contribution >= 0.6 is 15.9 Å². The molecular weight excluding hydrogens is 518 g/mol. The number of sulfonamides is 1. The zero-order valence-electron chi connectivity index (χ0n) is 20.8. The van der Waals surface area contributed by atoms with E-state index < -0.39 is 34.1 Å². The zero-order valence-corrected chi connectivity index (χ0v) is 23.2. The Morgan fingerprint density at radius 2 is 1.65 bits per heavy atom. The molecule has 0 spiro atoms. The zero-order chi connectivity index (χ0) is 25.8. The summed E-state index contributed by atoms with van der Waals surface area (Å²) in [7, 11) is -3.76. The summed E-state index contributed by atoms with van der Waals surface area (Å²) in [6.45, 7) is 10.7. The van der Waals surface area contributed by atoms with E-state index in [4.69, 9.17) is 0 Å². The number of nitrogens with one attached hydrogen (secondary N) is 1. The molecule has 0 heterocycles. The highest BCUT2D eigenvalue weighted by Crippen LogP contribution is 2.25. The minimum Gasteiger partial charge on any atom is -0.350 e. The van der Waals surface area contributed by atoms with Gasteiger partial charge in [-0.3, -0.25) is 13.9 Å². The van der Waals surface area contributed by atoms with Crippen molar-refractivity contribution in [3.63, 3.8) is 0 Å². The summed E-state index contributed by atoms with van der Waals surface area (Å²) in [5.41, 5.74) is 2.42. The molecule has 9 heteroatoms. The summed E-state index contributed by atoms with van der Waals surface area (Å²) in [6, 6.07) is 12.1. The molecule has 0 aliphatic heterocycles. The number of halogens is 1. The fourth-order valence-electron chi connectivity index (χ4n) is 3.43. The maximum Gasteiger partial charge on any atom is 0.244 e. The van der Waals surface area contributed by atoms with Crippen LogP contribution in [0.2, 0.25) is 0 Å². The number of carbonyl (C=O) groups excluding carboxylic acids is 2. The lowest BCUT2D eigenvalue weighted by Crippen LogP contribution is -2.54. The molecule has 0 saturated heterocycles. The van der Waals surface area contributed by atoms with Gasteiger partial charge < -0.3 is 10.2 Å². The molecule has 0 unspecified atom stereocenters. The molecule has 2 amide bonds. The van der Waals surface area contributed by atoms with Gasteiger partial charge in [0.25, 0.3) is 0 Å². The average Bonchev–Trinajstić information content (AvgIpc) is 2.70. The summed E-state index contributed by atoms with van der Waals surface area (Å²) < 4.78 is 27.4. The molecule has 34 heavy (non-hydrogen) atoms. The van der Waals surface area contributed by atoms with E-state index in [0.29, 0.717) is 5.69 Å². The minimum atomic E-state index is -3.76. The second kappa shape index (κ2) is 10.9. The van der Waals surface area contributed by atoms with Crippen molar-refractivity contribution >= 4 is 43.5 Å². The third-order valence-electron chi connectivity index (χ3n) is 5.24. The number of nitrogens with zero attached hydrogens (tertiary/aromatic N) is 2. The van der Waals surface area contributed by atoms with Crippen LogP contribution in [0.3, 0.4) is 0 Å². The monoisotopic (exact) mass is 551 g/mol. The van der Waals surface area contributed by atoms with Crippen LogP contribution in [0.4, 0.5) is 5.69 Å². The smallest absolute Gasteiger partial charge is 0.244 e. The van der Waals surface area contributed by atoms with Crippen LogP contribution < -0.4 is 9.62 Å². The predicted octanol–water partition coefficient (Wildman–Crippen LogP) is 4.16. The maximum atomic E-state index is 13.6. The summed E-state index contributed by atoms with van der Waals surface area (Å²) in [5.74, 6) is -0.776. The first kappa shape index (κ1) is 27.9. The molecule has 2 aromatic carbocycles. The normalized spacial score (nSPS) is 12.7. The molecule has 2 rings (SSSR count). The Hall–Kier alpha value is -2.39. The van der Waals surface area contributed by atoms with Gasteiger partial charge in [0, 0.05) is 16.6 Å². The molecule has 0 aliphatic rings. The second-order valence-corrected chi connectivity index (χ2v) is 12.4. The Kier molecular flexibility index (Phi) is 8.93. The van der Waals surface area contributed by atoms with Crippen molar-refractivity contribution in [2.75, 3.05) is 17.1 Å². The highest BCUT2D eigenvalue weighted by Gasteiger charge is 2.31. The van der Waals surface area contributed by atoms with Crippen molar-refractivity contribution in [3.05, 3.63) is 63.6 Å². The van der Waals surface area contributed by atoms with E-state index in [1.807, 2.05) is 64.1 Å². The SMILES string of the molecule is Cc1ccc(C)c(N(CC(=O)N(Cc2ccc(Br)cc2)[C@@H](C)C(=O)NC(C)(C)C)S(C)(=O)=O)c1. The molecule has 0 aromatic heterocycles. The molecule has 0 bridgehead atoms. The molecule has 186 valence electrons. The van der Waals surface area contributed by atoms with E-state index in [1.165, 1.54) is 4.90 Å². The number of hydrogen-bond acceptors (Lipinski definition) is 4. The Morgan fingerprint density at radius 3 is 2.18 bits per heavy atom. The molecule has 0 fully saturated rings. The third-order valence-corrected chi connectivity index (χ3v) is 6.90. The molecule has 0 radical (unpaired) electrons. The van der Waals surface area contributed by atoms with Crippen molar-refractivity contribution in [2.45, 2.75) is 59.7 Å². The van der Waals surface area contributed by atoms with Crippen molar-refractivity contribution in [3.8, 4) is 0 Å². The molecular formula is C25H34BrN3O4S. The van der Waals surface area contributed by atoms with E-state index >= 15 is 0 Å². The van der Waals surface area contributed by atoms with Crippen LogP contribution in [-0.4, -0.2) is 49.5 Å². The van der Waals surface area contributed by atoms with Gasteiger partial charge in [-0.05, 0) is 76.4 Å². The second-order valence-electron chi connectivity index (χ2n) is 9.62. The first-order chi connectivity index (χ1) is 15.6. The Balaban J connectivity index is 2.44. The largest absolute Gasteiger partial charge is 0.350 e. The Morgan fingerprint density at radius 1 is 1.06 bits per heavy atom. The summed E-state index contributed by atoms with van der Waals surface area (Å²) in [5, 5.41) is 2.91. The van der Waals surface area contributed by atoms with Gasteiger partial charge in [0.1, 0.15) is 12.6 Å². The summed E-state index contributed by atoms with van der Waals surface area (Å²) in [6.07, 6.45) is 1.08. The molecule has 1 atom stereocenters. The van der Waals surface area contributed by atoms with E-state index in [-0.39, 0.29) is 12.5 Å². The van der Waals surface area contributed by atoms with Crippen molar-refractivity contribution in [1.29, 1.82) is 0 Å². The van der Waals surface area contributed by atoms with E-state index in [1.54, 1.807) is 19.9 Å². The Bertz CT molecular complexity index is 1140. The first-order valence-corrected chi connectivity index (χ1v) is 13.6. The predicted molar refractivity (Wildman–Crippen MR) is 140 cm³/mol. The molecule has 0 aliphatic carbocycles. The fraction of sp³-hybridized carbons (Fsp3) is 0.440. The van der Waals surface area contributed by atoms with E-state index in [9.17, 15) is 18.0 Å². The topological polar surface area (TPSA) is 86.8 Å². The average molecular weight is 553 g/mol. The molecule has 1 N–H and O–H groups in total. The van der Waals surface area contributed by atoms with Crippen LogP contribution in [0.1, 0.15) is 44.4 Å². The van der Waals surface area contributed by atoms with Crippen molar-refractivity contribution in [2.24, 2.45) is 0 Å². The van der Waals surface area contributed by atoms with Gasteiger partial charge in [-0.2, -0.15) is 0 Å². The van der Waals surface area contributed by atoms with Gasteiger partial charge in [0.15, 0.2) is 0 Å². The number of carbonyl (C=O) groups is 2. The highest BCUT2D eigenvalue weighted by molar-refractivity contribution is 9.10. The van der Waals surface area contributed by atoms with Crippen LogP contribution in [0.5, 0.6) is 0 Å². The van der Waals surface area contributed by atoms with E-state index in [0.717, 1.165) is 31.7 Å². The van der Waals surface area contributed by atoms with Gasteiger partial charge in [-0.25, -0.2) is 8.42 Å². The number of hydrogen-bond donors (Lipinski definition) is 1. The first-order valence-electron chi connectivity index (χ1n) is 11.0. The number of benzene rings is 2. The van der Waals surface area contributed by atoms with Gasteiger partial charge in [-0.15, -0.1) is 0 Å². The van der Waals surface area contributed by atoms with Crippen LogP contribution in [0.15, 0.2) is 46.9 Å². The molecule has 7 nitrogen and oxygen atoms in total.